The Bertz CT molecular complexity index is 1340. The topological polar surface area (TPSA) is 9.72 Å². The van der Waals surface area contributed by atoms with Crippen molar-refractivity contribution in [3.8, 4) is 0 Å². The van der Waals surface area contributed by atoms with E-state index >= 15 is 0 Å². The van der Waals surface area contributed by atoms with Crippen LogP contribution in [-0.4, -0.2) is 50.4 Å². The maximum absolute atomic E-state index is 2.86. The first-order valence-electron chi connectivity index (χ1n) is 14.4. The van der Waals surface area contributed by atoms with Crippen LogP contribution < -0.4 is 30.3 Å². The Morgan fingerprint density at radius 3 is 0.975 bits per heavy atom. The zero-order valence-corrected chi connectivity index (χ0v) is 28.1. The fourth-order valence-corrected chi connectivity index (χ4v) is 14.0. The summed E-state index contributed by atoms with van der Waals surface area (Å²) in [5, 5.41) is 4.48. The highest BCUT2D eigenvalue weighted by Gasteiger charge is 2.54. The van der Waals surface area contributed by atoms with Gasteiger partial charge in [-0.25, -0.2) is 0 Å². The van der Waals surface area contributed by atoms with E-state index in [2.05, 4.69) is 160 Å². The quantitative estimate of drug-likeness (QED) is 0.251. The highest BCUT2D eigenvalue weighted by molar-refractivity contribution is 7.15. The average Bonchev–Trinajstić information content (AvgIpc) is 3.07. The number of benzene rings is 3. The molecule has 3 nitrogen and oxygen atoms in total. The van der Waals surface area contributed by atoms with E-state index in [-0.39, 0.29) is 0 Å². The van der Waals surface area contributed by atoms with E-state index in [1.54, 1.807) is 0 Å². The fourth-order valence-electron chi connectivity index (χ4n) is 6.97. The van der Waals surface area contributed by atoms with E-state index in [1.165, 1.54) is 71.6 Å². The summed E-state index contributed by atoms with van der Waals surface area (Å²) in [6, 6.07) is 21.5. The lowest BCUT2D eigenvalue weighted by atomic mass is 10.1. The average molecular weight is 552 g/mol. The van der Waals surface area contributed by atoms with Crippen LogP contribution in [0.1, 0.15) is 44.4 Å². The number of hydrogen-bond donors (Lipinski definition) is 0. The lowest BCUT2D eigenvalue weighted by Gasteiger charge is -2.45. The summed E-state index contributed by atoms with van der Waals surface area (Å²) in [4.78, 5) is 7.00. The molecule has 0 unspecified atom stereocenters. The van der Waals surface area contributed by atoms with Gasteiger partial charge in [0.1, 0.15) is 0 Å². The third kappa shape index (κ3) is 4.70. The van der Waals surface area contributed by atoms with Crippen LogP contribution in [-0.2, 0) is 0 Å². The van der Waals surface area contributed by atoms with Crippen molar-refractivity contribution >= 4 is 40.7 Å². The molecular weight excluding hydrogens is 503 g/mol. The van der Waals surface area contributed by atoms with Gasteiger partial charge in [0.25, 0.3) is 0 Å². The van der Waals surface area contributed by atoms with Crippen LogP contribution in [0.3, 0.4) is 0 Å². The van der Waals surface area contributed by atoms with Crippen molar-refractivity contribution < 1.29 is 0 Å². The van der Waals surface area contributed by atoms with Crippen LogP contribution in [0.5, 0.6) is 0 Å². The van der Waals surface area contributed by atoms with Gasteiger partial charge in [0.05, 0.1) is 0 Å². The van der Waals surface area contributed by atoms with Crippen molar-refractivity contribution in [2.75, 3.05) is 57.0 Å². The summed E-state index contributed by atoms with van der Waals surface area (Å²) in [6.45, 7) is 16.2. The highest BCUT2D eigenvalue weighted by atomic mass is 28.3. The number of rotatable bonds is 7. The maximum Gasteiger partial charge on any atom is 0.167 e. The van der Waals surface area contributed by atoms with E-state index in [0.717, 1.165) is 0 Å². The second-order valence-corrected chi connectivity index (χ2v) is 16.4. The fraction of sp³-hybridized carbons (Fsp3) is 0.389. The van der Waals surface area contributed by atoms with Gasteiger partial charge in [-0.3, -0.25) is 0 Å². The molecule has 4 heteroatoms. The third-order valence-corrected chi connectivity index (χ3v) is 14.7. The van der Waals surface area contributed by atoms with E-state index in [9.17, 15) is 0 Å². The lowest BCUT2D eigenvalue weighted by Crippen LogP contribution is -2.72. The summed E-state index contributed by atoms with van der Waals surface area (Å²) in [7, 11) is 10.4. The number of nitrogens with zero attached hydrogens (tertiary/aromatic N) is 3. The van der Waals surface area contributed by atoms with Crippen LogP contribution >= 0.6 is 0 Å². The molecule has 1 aliphatic rings. The summed E-state index contributed by atoms with van der Waals surface area (Å²) < 4.78 is 0. The molecule has 0 N–H and O–H groups in total. The number of hydrogen-bond acceptors (Lipinski definition) is 3. The van der Waals surface area contributed by atoms with Gasteiger partial charge in [-0.05, 0) is 93.4 Å². The predicted octanol–water partition coefficient (Wildman–Crippen LogP) is 6.34. The number of allylic oxidation sites excluding steroid dienone is 4. The van der Waals surface area contributed by atoms with Crippen molar-refractivity contribution in [2.45, 2.75) is 54.0 Å². The van der Waals surface area contributed by atoms with Crippen LogP contribution in [0, 0.1) is 20.8 Å². The molecule has 0 bridgehead atoms. The van der Waals surface area contributed by atoms with E-state index in [0.29, 0.717) is 5.54 Å². The summed E-state index contributed by atoms with van der Waals surface area (Å²) in [6.07, 6.45) is 0. The number of aryl methyl sites for hydroxylation is 3. The molecule has 0 heterocycles. The molecule has 0 spiro atoms. The molecule has 1 aliphatic carbocycles. The zero-order chi connectivity index (χ0) is 29.7. The monoisotopic (exact) mass is 551 g/mol. The largest absolute Gasteiger partial charge is 0.378 e. The molecule has 40 heavy (non-hydrogen) atoms. The van der Waals surface area contributed by atoms with Gasteiger partial charge in [-0.2, -0.15) is 0 Å². The molecule has 0 saturated heterocycles. The van der Waals surface area contributed by atoms with Gasteiger partial charge in [0.15, 0.2) is 8.07 Å². The van der Waals surface area contributed by atoms with E-state index in [4.69, 9.17) is 0 Å². The summed E-state index contributed by atoms with van der Waals surface area (Å²) >= 11 is 0. The Morgan fingerprint density at radius 1 is 0.450 bits per heavy atom. The molecular formula is C36H49N3Si. The van der Waals surface area contributed by atoms with Gasteiger partial charge in [0.2, 0.25) is 0 Å². The zero-order valence-electron chi connectivity index (χ0n) is 27.1. The van der Waals surface area contributed by atoms with Crippen LogP contribution in [0.4, 0.5) is 17.1 Å². The molecule has 0 aromatic heterocycles. The van der Waals surface area contributed by atoms with Crippen molar-refractivity contribution in [1.29, 1.82) is 0 Å². The maximum atomic E-state index is 2.52. The molecule has 3 aromatic carbocycles. The van der Waals surface area contributed by atoms with Gasteiger partial charge in [-0.1, -0.05) is 64.2 Å². The lowest BCUT2D eigenvalue weighted by molar-refractivity contribution is 1.07. The van der Waals surface area contributed by atoms with Crippen LogP contribution in [0.25, 0.3) is 0 Å². The summed E-state index contributed by atoms with van der Waals surface area (Å²) in [5.74, 6) is 0. The molecule has 0 aliphatic heterocycles. The first-order valence-corrected chi connectivity index (χ1v) is 16.5. The highest BCUT2D eigenvalue weighted by Crippen LogP contribution is 2.48. The molecule has 212 valence electrons. The smallest absolute Gasteiger partial charge is 0.167 e. The Balaban J connectivity index is 2.43. The number of anilines is 3. The third-order valence-electron chi connectivity index (χ3n) is 9.22. The molecule has 4 rings (SSSR count). The Hall–Kier alpha value is -3.24. The second-order valence-electron chi connectivity index (χ2n) is 12.6. The van der Waals surface area contributed by atoms with E-state index < -0.39 is 8.07 Å². The minimum absolute atomic E-state index is 0.300. The van der Waals surface area contributed by atoms with Gasteiger partial charge >= 0.3 is 0 Å². The predicted molar refractivity (Wildman–Crippen MR) is 182 cm³/mol. The molecule has 0 fully saturated rings. The first kappa shape index (κ1) is 29.7. The van der Waals surface area contributed by atoms with Crippen molar-refractivity contribution in [3.05, 3.63) is 93.6 Å². The molecule has 0 atom stereocenters. The minimum Gasteiger partial charge on any atom is -0.378 e. The Morgan fingerprint density at radius 2 is 0.725 bits per heavy atom. The minimum atomic E-state index is -2.86. The second kappa shape index (κ2) is 11.0. The molecule has 3 aromatic rings. The normalized spacial score (nSPS) is 14.3. The van der Waals surface area contributed by atoms with Crippen LogP contribution in [0.15, 0.2) is 76.9 Å². The first-order chi connectivity index (χ1) is 18.7. The molecule has 0 saturated carbocycles. The van der Waals surface area contributed by atoms with E-state index in [1.807, 2.05) is 0 Å². The van der Waals surface area contributed by atoms with Gasteiger partial charge in [0, 0.05) is 64.9 Å². The van der Waals surface area contributed by atoms with Crippen molar-refractivity contribution in [3.63, 3.8) is 0 Å². The molecule has 0 amide bonds. The Labute approximate surface area is 244 Å². The van der Waals surface area contributed by atoms with Crippen molar-refractivity contribution in [2.24, 2.45) is 0 Å². The van der Waals surface area contributed by atoms with Gasteiger partial charge in [-0.15, -0.1) is 0 Å². The Kier molecular flexibility index (Phi) is 8.15. The van der Waals surface area contributed by atoms with Gasteiger partial charge < -0.3 is 14.7 Å². The molecule has 0 radical (unpaired) electrons. The summed E-state index contributed by atoms with van der Waals surface area (Å²) in [5.41, 5.74) is 14.1. The van der Waals surface area contributed by atoms with Crippen molar-refractivity contribution in [1.82, 2.24) is 0 Å². The van der Waals surface area contributed by atoms with Crippen LogP contribution in [0.2, 0.25) is 5.54 Å². The standard InChI is InChI=1S/C36H49N3Si/c1-23-14-17-30(37(8)9)33(20-23)40(36-28(6)26(4)27(5)29(36)7,34-21-24(2)15-18-31(34)38(10)11)35-22-25(3)16-19-32(35)39(12)13/h14-22,36H,1-13H3. The SMILES string of the molecule is CC1=C(C)C([Si](c2cc(C)ccc2N(C)C)(c2cc(C)ccc2N(C)C)c2cc(C)ccc2N(C)C)C(C)=C1C.